The number of hydrogen-bond acceptors (Lipinski definition) is 2. The lowest BCUT2D eigenvalue weighted by atomic mass is 10.0. The Balaban J connectivity index is 2.08. The van der Waals surface area contributed by atoms with Gasteiger partial charge in [0.25, 0.3) is 0 Å². The smallest absolute Gasteiger partial charge is 0.0991 e. The molecule has 2 nitrogen and oxygen atoms in total. The molecule has 1 unspecified atom stereocenters. The Morgan fingerprint density at radius 3 is 2.62 bits per heavy atom. The topological polar surface area (TPSA) is 27.0 Å². The zero-order valence-electron chi connectivity index (χ0n) is 9.82. The zero-order valence-corrected chi connectivity index (χ0v) is 9.82. The minimum atomic E-state index is 0.743. The Bertz CT molecular complexity index is 375. The van der Waals surface area contributed by atoms with E-state index in [1.807, 2.05) is 12.1 Å². The summed E-state index contributed by atoms with van der Waals surface area (Å²) in [5, 5.41) is 8.75. The number of nitrogens with zero attached hydrogens (tertiary/aromatic N) is 2. The molecule has 1 saturated heterocycles. The van der Waals surface area contributed by atoms with Gasteiger partial charge in [0.2, 0.25) is 0 Å². The highest BCUT2D eigenvalue weighted by Crippen LogP contribution is 2.22. The fraction of sp³-hybridized carbons (Fsp3) is 0.500. The van der Waals surface area contributed by atoms with Crippen LogP contribution in [0, 0.1) is 17.2 Å². The Morgan fingerprint density at radius 1 is 1.19 bits per heavy atom. The maximum atomic E-state index is 8.75. The predicted octanol–water partition coefficient (Wildman–Crippen LogP) is 3.18. The van der Waals surface area contributed by atoms with Crippen molar-refractivity contribution in [3.63, 3.8) is 0 Å². The number of rotatable bonds is 1. The molecule has 0 spiro atoms. The van der Waals surface area contributed by atoms with Crippen molar-refractivity contribution in [3.8, 4) is 6.07 Å². The molecule has 16 heavy (non-hydrogen) atoms. The van der Waals surface area contributed by atoms with Gasteiger partial charge in [-0.3, -0.25) is 0 Å². The SMILES string of the molecule is CC1CCCN(c2ccc(C#N)cc2)CC1. The summed E-state index contributed by atoms with van der Waals surface area (Å²) in [6, 6.07) is 10.1. The second-order valence-electron chi connectivity index (χ2n) is 4.68. The summed E-state index contributed by atoms with van der Waals surface area (Å²) >= 11 is 0. The van der Waals surface area contributed by atoms with Crippen molar-refractivity contribution in [2.75, 3.05) is 18.0 Å². The van der Waals surface area contributed by atoms with Gasteiger partial charge in [-0.05, 0) is 49.4 Å². The molecule has 0 bridgehead atoms. The highest BCUT2D eigenvalue weighted by molar-refractivity contribution is 5.49. The number of hydrogen-bond donors (Lipinski definition) is 0. The maximum absolute atomic E-state index is 8.75. The van der Waals surface area contributed by atoms with E-state index in [0.29, 0.717) is 0 Å². The average Bonchev–Trinajstić information content (AvgIpc) is 2.54. The van der Waals surface area contributed by atoms with Crippen LogP contribution in [0.4, 0.5) is 5.69 Å². The molecule has 2 heteroatoms. The maximum Gasteiger partial charge on any atom is 0.0991 e. The summed E-state index contributed by atoms with van der Waals surface area (Å²) in [4.78, 5) is 2.44. The van der Waals surface area contributed by atoms with Gasteiger partial charge >= 0.3 is 0 Å². The second-order valence-corrected chi connectivity index (χ2v) is 4.68. The third-order valence-electron chi connectivity index (χ3n) is 3.38. The molecular formula is C14H18N2. The van der Waals surface area contributed by atoms with Gasteiger partial charge in [0.15, 0.2) is 0 Å². The molecule has 0 aliphatic carbocycles. The van der Waals surface area contributed by atoms with E-state index in [0.717, 1.165) is 24.6 Å². The monoisotopic (exact) mass is 214 g/mol. The van der Waals surface area contributed by atoms with Gasteiger partial charge in [0.1, 0.15) is 0 Å². The van der Waals surface area contributed by atoms with Crippen LogP contribution in [0.5, 0.6) is 0 Å². The van der Waals surface area contributed by atoms with E-state index < -0.39 is 0 Å². The van der Waals surface area contributed by atoms with Gasteiger partial charge in [-0.2, -0.15) is 5.26 Å². The first-order valence-corrected chi connectivity index (χ1v) is 6.04. The first kappa shape index (κ1) is 11.0. The molecular weight excluding hydrogens is 196 g/mol. The largest absolute Gasteiger partial charge is 0.372 e. The van der Waals surface area contributed by atoms with Crippen molar-refractivity contribution < 1.29 is 0 Å². The summed E-state index contributed by atoms with van der Waals surface area (Å²) in [6.45, 7) is 4.63. The van der Waals surface area contributed by atoms with E-state index in [1.165, 1.54) is 24.9 Å². The van der Waals surface area contributed by atoms with Gasteiger partial charge in [-0.1, -0.05) is 6.92 Å². The lowest BCUT2D eigenvalue weighted by Gasteiger charge is -2.22. The van der Waals surface area contributed by atoms with E-state index in [-0.39, 0.29) is 0 Å². The Morgan fingerprint density at radius 2 is 1.94 bits per heavy atom. The van der Waals surface area contributed by atoms with Crippen LogP contribution < -0.4 is 4.90 Å². The van der Waals surface area contributed by atoms with Crippen molar-refractivity contribution in [1.29, 1.82) is 5.26 Å². The number of anilines is 1. The van der Waals surface area contributed by atoms with Crippen molar-refractivity contribution in [3.05, 3.63) is 29.8 Å². The highest BCUT2D eigenvalue weighted by atomic mass is 15.1. The van der Waals surface area contributed by atoms with Crippen molar-refractivity contribution >= 4 is 5.69 Å². The summed E-state index contributed by atoms with van der Waals surface area (Å²) < 4.78 is 0. The minimum Gasteiger partial charge on any atom is -0.372 e. The van der Waals surface area contributed by atoms with Gasteiger partial charge in [-0.15, -0.1) is 0 Å². The third kappa shape index (κ3) is 2.55. The molecule has 1 aromatic carbocycles. The molecule has 1 aromatic rings. The summed E-state index contributed by atoms with van der Waals surface area (Å²) in [7, 11) is 0. The van der Waals surface area contributed by atoms with Gasteiger partial charge < -0.3 is 4.90 Å². The highest BCUT2D eigenvalue weighted by Gasteiger charge is 2.13. The van der Waals surface area contributed by atoms with Crippen LogP contribution in [0.3, 0.4) is 0 Å². The molecule has 0 radical (unpaired) electrons. The van der Waals surface area contributed by atoms with Crippen LogP contribution in [-0.4, -0.2) is 13.1 Å². The van der Waals surface area contributed by atoms with Gasteiger partial charge in [0.05, 0.1) is 11.6 Å². The molecule has 84 valence electrons. The summed E-state index contributed by atoms with van der Waals surface area (Å²) in [5.74, 6) is 0.850. The lowest BCUT2D eigenvalue weighted by Crippen LogP contribution is -2.23. The fourth-order valence-corrected chi connectivity index (χ4v) is 2.27. The number of benzene rings is 1. The molecule has 1 fully saturated rings. The van der Waals surface area contributed by atoms with Crippen molar-refractivity contribution in [2.45, 2.75) is 26.2 Å². The fourth-order valence-electron chi connectivity index (χ4n) is 2.27. The van der Waals surface area contributed by atoms with Gasteiger partial charge in [-0.25, -0.2) is 0 Å². The van der Waals surface area contributed by atoms with Crippen molar-refractivity contribution in [1.82, 2.24) is 0 Å². The Hall–Kier alpha value is -1.49. The van der Waals surface area contributed by atoms with E-state index in [2.05, 4.69) is 30.0 Å². The summed E-state index contributed by atoms with van der Waals surface area (Å²) in [5.41, 5.74) is 2.00. The van der Waals surface area contributed by atoms with Crippen LogP contribution in [0.15, 0.2) is 24.3 Å². The lowest BCUT2D eigenvalue weighted by molar-refractivity contribution is 0.521. The van der Waals surface area contributed by atoms with E-state index in [1.54, 1.807) is 0 Å². The molecule has 1 heterocycles. The van der Waals surface area contributed by atoms with E-state index in [9.17, 15) is 0 Å². The Labute approximate surface area is 97.5 Å². The molecule has 0 amide bonds. The molecule has 2 rings (SSSR count). The molecule has 1 atom stereocenters. The molecule has 0 N–H and O–H groups in total. The third-order valence-corrected chi connectivity index (χ3v) is 3.38. The van der Waals surface area contributed by atoms with E-state index in [4.69, 9.17) is 5.26 Å². The Kier molecular flexibility index (Phi) is 3.46. The van der Waals surface area contributed by atoms with Crippen LogP contribution in [0.1, 0.15) is 31.7 Å². The molecule has 0 aromatic heterocycles. The van der Waals surface area contributed by atoms with Crippen molar-refractivity contribution in [2.24, 2.45) is 5.92 Å². The van der Waals surface area contributed by atoms with E-state index >= 15 is 0 Å². The quantitative estimate of drug-likeness (QED) is 0.718. The normalized spacial score (nSPS) is 21.2. The zero-order chi connectivity index (χ0) is 11.4. The summed E-state index contributed by atoms with van der Waals surface area (Å²) in [6.07, 6.45) is 3.90. The van der Waals surface area contributed by atoms with Crippen LogP contribution >= 0.6 is 0 Å². The number of nitriles is 1. The predicted molar refractivity (Wildman–Crippen MR) is 66.4 cm³/mol. The second kappa shape index (κ2) is 5.03. The molecule has 0 saturated carbocycles. The molecule has 1 aliphatic rings. The molecule has 1 aliphatic heterocycles. The standard InChI is InChI=1S/C14H18N2/c1-12-3-2-9-16(10-8-12)14-6-4-13(11-15)5-7-14/h4-7,12H,2-3,8-10H2,1H3. The minimum absolute atomic E-state index is 0.743. The van der Waals surface area contributed by atoms with Crippen LogP contribution in [0.25, 0.3) is 0 Å². The first-order chi connectivity index (χ1) is 7.79. The first-order valence-electron chi connectivity index (χ1n) is 6.04. The van der Waals surface area contributed by atoms with Crippen LogP contribution in [-0.2, 0) is 0 Å². The van der Waals surface area contributed by atoms with Crippen LogP contribution in [0.2, 0.25) is 0 Å². The van der Waals surface area contributed by atoms with Gasteiger partial charge in [0, 0.05) is 18.8 Å². The average molecular weight is 214 g/mol.